The van der Waals surface area contributed by atoms with Gasteiger partial charge in [-0.3, -0.25) is 0 Å². The fourth-order valence-electron chi connectivity index (χ4n) is 3.16. The molecular formula is C15H31N3. The molecule has 0 amide bonds. The van der Waals surface area contributed by atoms with Crippen molar-refractivity contribution in [2.24, 2.45) is 5.92 Å². The van der Waals surface area contributed by atoms with Crippen molar-refractivity contribution in [1.82, 2.24) is 15.1 Å². The Balaban J connectivity index is 1.63. The monoisotopic (exact) mass is 253 g/mol. The third-order valence-electron chi connectivity index (χ3n) is 5.09. The zero-order chi connectivity index (χ0) is 13.2. The largest absolute Gasteiger partial charge is 0.313 e. The van der Waals surface area contributed by atoms with E-state index in [1.54, 1.807) is 0 Å². The Morgan fingerprint density at radius 3 is 2.33 bits per heavy atom. The lowest BCUT2D eigenvalue weighted by Crippen LogP contribution is -2.57. The van der Waals surface area contributed by atoms with Crippen LogP contribution in [0.5, 0.6) is 0 Å². The maximum atomic E-state index is 3.67. The second-order valence-corrected chi connectivity index (χ2v) is 6.79. The average Bonchev–Trinajstić information content (AvgIpc) is 3.06. The van der Waals surface area contributed by atoms with E-state index in [1.165, 1.54) is 45.2 Å². The molecule has 0 bridgehead atoms. The third kappa shape index (κ3) is 3.46. The fourth-order valence-corrected chi connectivity index (χ4v) is 3.16. The molecule has 1 atom stereocenters. The number of rotatable bonds is 8. The summed E-state index contributed by atoms with van der Waals surface area (Å²) in [6, 6.07) is 0.727. The summed E-state index contributed by atoms with van der Waals surface area (Å²) in [5, 5.41) is 3.67. The highest BCUT2D eigenvalue weighted by Gasteiger charge is 2.39. The Hall–Kier alpha value is -0.120. The Bertz CT molecular complexity index is 256. The molecule has 2 aliphatic rings. The zero-order valence-electron chi connectivity index (χ0n) is 12.7. The molecule has 0 aromatic heterocycles. The summed E-state index contributed by atoms with van der Waals surface area (Å²) in [5.74, 6) is 0.968. The Kier molecular flexibility index (Phi) is 4.68. The van der Waals surface area contributed by atoms with Gasteiger partial charge in [0.15, 0.2) is 0 Å². The van der Waals surface area contributed by atoms with Gasteiger partial charge in [0.25, 0.3) is 0 Å². The molecule has 3 heteroatoms. The lowest BCUT2D eigenvalue weighted by Gasteiger charge is -2.49. The average molecular weight is 253 g/mol. The summed E-state index contributed by atoms with van der Waals surface area (Å²) >= 11 is 0. The SMILES string of the molecule is CC(NCCN(C)CC1(N(C)C)CCC1)C1CC1. The molecule has 2 saturated carbocycles. The minimum atomic E-state index is 0.469. The Labute approximate surface area is 113 Å². The minimum Gasteiger partial charge on any atom is -0.313 e. The van der Waals surface area contributed by atoms with Gasteiger partial charge in [-0.1, -0.05) is 0 Å². The van der Waals surface area contributed by atoms with Gasteiger partial charge in [-0.25, -0.2) is 0 Å². The summed E-state index contributed by atoms with van der Waals surface area (Å²) in [6.45, 7) is 5.87. The highest BCUT2D eigenvalue weighted by molar-refractivity contribution is 4.97. The van der Waals surface area contributed by atoms with Crippen LogP contribution in [0.15, 0.2) is 0 Å². The molecule has 3 nitrogen and oxygen atoms in total. The maximum absolute atomic E-state index is 3.67. The molecule has 0 aliphatic heterocycles. The molecule has 1 unspecified atom stereocenters. The molecule has 0 heterocycles. The van der Waals surface area contributed by atoms with E-state index < -0.39 is 0 Å². The molecule has 2 aliphatic carbocycles. The standard InChI is InChI=1S/C15H31N3/c1-13(14-6-7-14)16-10-11-18(4)12-15(17(2)3)8-5-9-15/h13-14,16H,5-12H2,1-4H3. The van der Waals surface area contributed by atoms with Crippen LogP contribution >= 0.6 is 0 Å². The van der Waals surface area contributed by atoms with Crippen molar-refractivity contribution in [3.63, 3.8) is 0 Å². The fraction of sp³-hybridized carbons (Fsp3) is 1.00. The summed E-state index contributed by atoms with van der Waals surface area (Å²) < 4.78 is 0. The van der Waals surface area contributed by atoms with Crippen molar-refractivity contribution >= 4 is 0 Å². The van der Waals surface area contributed by atoms with Gasteiger partial charge in [0.1, 0.15) is 0 Å². The van der Waals surface area contributed by atoms with Gasteiger partial charge in [-0.05, 0) is 66.1 Å². The van der Waals surface area contributed by atoms with Crippen LogP contribution in [0.3, 0.4) is 0 Å². The van der Waals surface area contributed by atoms with Gasteiger partial charge in [0, 0.05) is 31.2 Å². The van der Waals surface area contributed by atoms with Crippen LogP contribution in [0.2, 0.25) is 0 Å². The summed E-state index contributed by atoms with van der Waals surface area (Å²) in [5.41, 5.74) is 0.469. The first kappa shape index (κ1) is 14.3. The highest BCUT2D eigenvalue weighted by Crippen LogP contribution is 2.36. The molecule has 0 aromatic carbocycles. The molecule has 106 valence electrons. The van der Waals surface area contributed by atoms with Crippen molar-refractivity contribution in [3.8, 4) is 0 Å². The van der Waals surface area contributed by atoms with Gasteiger partial charge in [0.2, 0.25) is 0 Å². The predicted octanol–water partition coefficient (Wildman–Crippen LogP) is 1.79. The summed E-state index contributed by atoms with van der Waals surface area (Å²) in [6.07, 6.45) is 7.02. The molecule has 0 spiro atoms. The van der Waals surface area contributed by atoms with Gasteiger partial charge >= 0.3 is 0 Å². The molecule has 2 rings (SSSR count). The van der Waals surface area contributed by atoms with E-state index in [0.717, 1.165) is 18.5 Å². The topological polar surface area (TPSA) is 18.5 Å². The molecule has 18 heavy (non-hydrogen) atoms. The van der Waals surface area contributed by atoms with Crippen molar-refractivity contribution in [3.05, 3.63) is 0 Å². The van der Waals surface area contributed by atoms with Gasteiger partial charge in [-0.15, -0.1) is 0 Å². The van der Waals surface area contributed by atoms with E-state index in [-0.39, 0.29) is 0 Å². The maximum Gasteiger partial charge on any atom is 0.0330 e. The van der Waals surface area contributed by atoms with Crippen LogP contribution in [-0.2, 0) is 0 Å². The molecule has 1 N–H and O–H groups in total. The Morgan fingerprint density at radius 2 is 1.89 bits per heavy atom. The van der Waals surface area contributed by atoms with E-state index in [9.17, 15) is 0 Å². The quantitative estimate of drug-likeness (QED) is 0.711. The van der Waals surface area contributed by atoms with Crippen LogP contribution < -0.4 is 5.32 Å². The first-order chi connectivity index (χ1) is 8.53. The van der Waals surface area contributed by atoms with Crippen LogP contribution in [-0.4, -0.2) is 62.2 Å². The van der Waals surface area contributed by atoms with E-state index in [0.29, 0.717) is 5.54 Å². The van der Waals surface area contributed by atoms with Crippen LogP contribution in [0.1, 0.15) is 39.0 Å². The number of hydrogen-bond donors (Lipinski definition) is 1. The highest BCUT2D eigenvalue weighted by atomic mass is 15.2. The second kappa shape index (κ2) is 5.89. The lowest BCUT2D eigenvalue weighted by molar-refractivity contribution is 0.0280. The van der Waals surface area contributed by atoms with E-state index in [1.807, 2.05) is 0 Å². The smallest absolute Gasteiger partial charge is 0.0330 e. The lowest BCUT2D eigenvalue weighted by atomic mass is 9.75. The van der Waals surface area contributed by atoms with Crippen molar-refractivity contribution in [2.75, 3.05) is 40.8 Å². The molecule has 0 saturated heterocycles. The van der Waals surface area contributed by atoms with E-state index in [2.05, 4.69) is 43.2 Å². The number of hydrogen-bond acceptors (Lipinski definition) is 3. The third-order valence-corrected chi connectivity index (χ3v) is 5.09. The molecular weight excluding hydrogens is 222 g/mol. The molecule has 0 radical (unpaired) electrons. The first-order valence-corrected chi connectivity index (χ1v) is 7.63. The van der Waals surface area contributed by atoms with E-state index >= 15 is 0 Å². The van der Waals surface area contributed by atoms with Gasteiger partial charge in [0.05, 0.1) is 0 Å². The summed E-state index contributed by atoms with van der Waals surface area (Å²) in [7, 11) is 6.74. The van der Waals surface area contributed by atoms with Crippen LogP contribution in [0, 0.1) is 5.92 Å². The van der Waals surface area contributed by atoms with Gasteiger partial charge in [-0.2, -0.15) is 0 Å². The molecule has 2 fully saturated rings. The van der Waals surface area contributed by atoms with E-state index in [4.69, 9.17) is 0 Å². The zero-order valence-corrected chi connectivity index (χ0v) is 12.7. The predicted molar refractivity (Wildman–Crippen MR) is 78.0 cm³/mol. The number of nitrogens with zero attached hydrogens (tertiary/aromatic N) is 2. The van der Waals surface area contributed by atoms with Crippen molar-refractivity contribution < 1.29 is 0 Å². The summed E-state index contributed by atoms with van der Waals surface area (Å²) in [4.78, 5) is 4.94. The first-order valence-electron chi connectivity index (χ1n) is 7.63. The van der Waals surface area contributed by atoms with Crippen LogP contribution in [0.4, 0.5) is 0 Å². The van der Waals surface area contributed by atoms with Crippen molar-refractivity contribution in [1.29, 1.82) is 0 Å². The van der Waals surface area contributed by atoms with Gasteiger partial charge < -0.3 is 15.1 Å². The number of nitrogens with one attached hydrogen (secondary N) is 1. The van der Waals surface area contributed by atoms with Crippen LogP contribution in [0.25, 0.3) is 0 Å². The molecule has 0 aromatic rings. The normalized spacial score (nSPS) is 24.3. The number of likely N-dealkylation sites (N-methyl/N-ethyl adjacent to an activating group) is 2. The second-order valence-electron chi connectivity index (χ2n) is 6.79. The van der Waals surface area contributed by atoms with Crippen molar-refractivity contribution in [2.45, 2.75) is 50.6 Å². The Morgan fingerprint density at radius 1 is 1.22 bits per heavy atom. The minimum absolute atomic E-state index is 0.469.